The number of methoxy groups -OCH3 is 1. The van der Waals surface area contributed by atoms with E-state index in [0.29, 0.717) is 43.2 Å². The third kappa shape index (κ3) is 3.07. The van der Waals surface area contributed by atoms with Crippen LogP contribution in [-0.2, 0) is 4.74 Å². The lowest BCUT2D eigenvalue weighted by molar-refractivity contribution is 0.0553. The highest BCUT2D eigenvalue weighted by atomic mass is 16.6. The molecule has 0 aliphatic carbocycles. The van der Waals surface area contributed by atoms with Crippen molar-refractivity contribution in [1.82, 2.24) is 19.8 Å². The fourth-order valence-electron chi connectivity index (χ4n) is 3.65. The van der Waals surface area contributed by atoms with E-state index in [9.17, 15) is 9.59 Å². The number of aromatic nitrogens is 2. The third-order valence-electron chi connectivity index (χ3n) is 5.01. The number of likely N-dealkylation sites (tertiary alicyclic amines) is 1. The molecule has 1 aromatic heterocycles. The molecule has 2 aromatic rings. The summed E-state index contributed by atoms with van der Waals surface area (Å²) in [6.45, 7) is 1.50. The van der Waals surface area contributed by atoms with Gasteiger partial charge < -0.3 is 19.3 Å². The predicted octanol–water partition coefficient (Wildman–Crippen LogP) is 1.82. The Labute approximate surface area is 156 Å². The fraction of sp³-hybridized carbons (Fsp3) is 0.368. The Hall–Kier alpha value is -3.16. The lowest BCUT2D eigenvalue weighted by Crippen LogP contribution is -2.39. The highest BCUT2D eigenvalue weighted by Gasteiger charge is 2.49. The van der Waals surface area contributed by atoms with Crippen molar-refractivity contribution in [1.29, 1.82) is 0 Å². The van der Waals surface area contributed by atoms with E-state index in [1.54, 1.807) is 48.5 Å². The third-order valence-corrected chi connectivity index (χ3v) is 5.01. The minimum Gasteiger partial charge on any atom is -0.479 e. The second-order valence-electron chi connectivity index (χ2n) is 6.88. The highest BCUT2D eigenvalue weighted by molar-refractivity contribution is 5.95. The molecule has 8 heteroatoms. The van der Waals surface area contributed by atoms with Gasteiger partial charge in [-0.2, -0.15) is 0 Å². The number of rotatable bonds is 3. The second kappa shape index (κ2) is 6.53. The first-order valence-electron chi connectivity index (χ1n) is 8.70. The molecule has 2 fully saturated rings. The summed E-state index contributed by atoms with van der Waals surface area (Å²) in [5.74, 6) is 0.361. The molecule has 1 aromatic carbocycles. The molecule has 1 spiro atoms. The fourth-order valence-corrected chi connectivity index (χ4v) is 3.65. The zero-order chi connectivity index (χ0) is 19.0. The molecule has 4 rings (SSSR count). The van der Waals surface area contributed by atoms with E-state index >= 15 is 0 Å². The van der Waals surface area contributed by atoms with Gasteiger partial charge >= 0.3 is 6.09 Å². The van der Waals surface area contributed by atoms with Gasteiger partial charge in [0.25, 0.3) is 5.91 Å². The lowest BCUT2D eigenvalue weighted by atomic mass is 10.0. The van der Waals surface area contributed by atoms with Gasteiger partial charge in [0, 0.05) is 43.5 Å². The van der Waals surface area contributed by atoms with E-state index in [1.165, 1.54) is 0 Å². The first-order chi connectivity index (χ1) is 13.0. The summed E-state index contributed by atoms with van der Waals surface area (Å²) in [4.78, 5) is 36.3. The van der Waals surface area contributed by atoms with E-state index in [0.717, 1.165) is 5.56 Å². The van der Waals surface area contributed by atoms with Crippen molar-refractivity contribution in [2.75, 3.05) is 33.8 Å². The number of hydrogen-bond acceptors (Lipinski definition) is 6. The molecular formula is C19H20N4O4. The summed E-state index contributed by atoms with van der Waals surface area (Å²) in [7, 11) is 3.25. The Balaban J connectivity index is 1.50. The average molecular weight is 368 g/mol. The molecule has 27 heavy (non-hydrogen) atoms. The number of amides is 2. The van der Waals surface area contributed by atoms with E-state index in [4.69, 9.17) is 9.47 Å². The summed E-state index contributed by atoms with van der Waals surface area (Å²) in [5.41, 5.74) is 1.45. The Bertz CT molecular complexity index is 886. The number of likely N-dealkylation sites (N-methyl/N-ethyl adjacent to an activating group) is 1. The van der Waals surface area contributed by atoms with Gasteiger partial charge in [-0.15, -0.1) is 0 Å². The first kappa shape index (κ1) is 17.3. The van der Waals surface area contributed by atoms with Crippen LogP contribution in [0.25, 0.3) is 11.3 Å². The van der Waals surface area contributed by atoms with Crippen LogP contribution in [0, 0.1) is 0 Å². The van der Waals surface area contributed by atoms with E-state index in [-0.39, 0.29) is 12.0 Å². The van der Waals surface area contributed by atoms with Crippen LogP contribution < -0.4 is 4.74 Å². The Kier molecular flexibility index (Phi) is 4.18. The van der Waals surface area contributed by atoms with Gasteiger partial charge in [0.1, 0.15) is 5.69 Å². The molecule has 0 unspecified atom stereocenters. The van der Waals surface area contributed by atoms with Crippen molar-refractivity contribution >= 4 is 12.0 Å². The van der Waals surface area contributed by atoms with Crippen LogP contribution in [0.5, 0.6) is 5.88 Å². The topological polar surface area (TPSA) is 84.9 Å². The number of benzene rings is 1. The molecule has 0 radical (unpaired) electrons. The quantitative estimate of drug-likeness (QED) is 0.822. The molecule has 2 saturated heterocycles. The molecule has 2 amide bonds. The summed E-state index contributed by atoms with van der Waals surface area (Å²) >= 11 is 0. The lowest BCUT2D eigenvalue weighted by Gasteiger charge is -2.21. The van der Waals surface area contributed by atoms with Gasteiger partial charge in [-0.25, -0.2) is 14.8 Å². The van der Waals surface area contributed by atoms with Crippen molar-refractivity contribution in [3.8, 4) is 17.1 Å². The summed E-state index contributed by atoms with van der Waals surface area (Å²) in [5, 5.41) is 0. The van der Waals surface area contributed by atoms with Gasteiger partial charge in [-0.05, 0) is 12.1 Å². The van der Waals surface area contributed by atoms with Gasteiger partial charge in [0.05, 0.1) is 20.2 Å². The van der Waals surface area contributed by atoms with Crippen LogP contribution in [0.15, 0.2) is 36.7 Å². The van der Waals surface area contributed by atoms with Gasteiger partial charge in [0.2, 0.25) is 5.88 Å². The van der Waals surface area contributed by atoms with Gasteiger partial charge in [-0.3, -0.25) is 4.79 Å². The number of carbonyl (C=O) groups is 2. The first-order valence-corrected chi connectivity index (χ1v) is 8.70. The molecule has 0 bridgehead atoms. The van der Waals surface area contributed by atoms with Crippen LogP contribution in [-0.4, -0.2) is 71.2 Å². The molecule has 0 saturated carbocycles. The highest BCUT2D eigenvalue weighted by Crippen LogP contribution is 2.32. The molecule has 2 aliphatic heterocycles. The van der Waals surface area contributed by atoms with Gasteiger partial charge in [-0.1, -0.05) is 12.1 Å². The van der Waals surface area contributed by atoms with Crippen LogP contribution in [0.3, 0.4) is 0 Å². The Morgan fingerprint density at radius 1 is 1.19 bits per heavy atom. The van der Waals surface area contributed by atoms with E-state index in [2.05, 4.69) is 9.97 Å². The van der Waals surface area contributed by atoms with Crippen molar-refractivity contribution < 1.29 is 19.1 Å². The summed E-state index contributed by atoms with van der Waals surface area (Å²) in [6.07, 6.45) is 3.49. The van der Waals surface area contributed by atoms with Gasteiger partial charge in [0.15, 0.2) is 5.60 Å². The van der Waals surface area contributed by atoms with E-state index < -0.39 is 5.60 Å². The maximum absolute atomic E-state index is 12.8. The molecule has 0 N–H and O–H groups in total. The molecule has 3 heterocycles. The zero-order valence-corrected chi connectivity index (χ0v) is 15.2. The van der Waals surface area contributed by atoms with Crippen molar-refractivity contribution in [3.05, 3.63) is 42.2 Å². The van der Waals surface area contributed by atoms with Crippen LogP contribution >= 0.6 is 0 Å². The smallest absolute Gasteiger partial charge is 0.410 e. The van der Waals surface area contributed by atoms with Crippen molar-refractivity contribution in [2.45, 2.75) is 12.0 Å². The molecule has 2 aliphatic rings. The minimum absolute atomic E-state index is 0.0739. The number of carbonyl (C=O) groups excluding carboxylic acids is 2. The van der Waals surface area contributed by atoms with Crippen LogP contribution in [0.4, 0.5) is 4.79 Å². The molecular weight excluding hydrogens is 348 g/mol. The standard InChI is InChI=1S/C19H20N4O4/c1-22-11-19(27-18(22)25)7-10-23(12-19)17(24)14-5-3-13(4-6-14)15-16(26-2)21-9-8-20-15/h3-6,8-9H,7,10-12H2,1-2H3/t19-/m0/s1. The summed E-state index contributed by atoms with van der Waals surface area (Å²) < 4.78 is 10.7. The zero-order valence-electron chi connectivity index (χ0n) is 15.2. The monoisotopic (exact) mass is 368 g/mol. The summed E-state index contributed by atoms with van der Waals surface area (Å²) in [6, 6.07) is 7.19. The largest absolute Gasteiger partial charge is 0.479 e. The van der Waals surface area contributed by atoms with Crippen molar-refractivity contribution in [3.63, 3.8) is 0 Å². The second-order valence-corrected chi connectivity index (χ2v) is 6.88. The minimum atomic E-state index is -0.575. The maximum Gasteiger partial charge on any atom is 0.410 e. The average Bonchev–Trinajstić information content (AvgIpc) is 3.23. The number of nitrogens with zero attached hydrogens (tertiary/aromatic N) is 4. The Morgan fingerprint density at radius 3 is 2.59 bits per heavy atom. The number of hydrogen-bond donors (Lipinski definition) is 0. The van der Waals surface area contributed by atoms with E-state index in [1.807, 2.05) is 12.1 Å². The molecule has 1 atom stereocenters. The maximum atomic E-state index is 12.8. The van der Waals surface area contributed by atoms with Crippen LogP contribution in [0.2, 0.25) is 0 Å². The normalized spacial score (nSPS) is 21.6. The molecule has 140 valence electrons. The van der Waals surface area contributed by atoms with Crippen LogP contribution in [0.1, 0.15) is 16.8 Å². The van der Waals surface area contributed by atoms with Crippen molar-refractivity contribution in [2.24, 2.45) is 0 Å². The SMILES string of the molecule is COc1nccnc1-c1ccc(C(=O)N2CC[C@]3(CN(C)C(=O)O3)C2)cc1. The molecule has 8 nitrogen and oxygen atoms in total. The predicted molar refractivity (Wildman–Crippen MR) is 96.4 cm³/mol. The number of ether oxygens (including phenoxy) is 2. The Morgan fingerprint density at radius 2 is 1.93 bits per heavy atom.